The Kier molecular flexibility index (Phi) is 3.68. The molecule has 0 atom stereocenters. The van der Waals surface area contributed by atoms with Crippen molar-refractivity contribution in [3.63, 3.8) is 0 Å². The van der Waals surface area contributed by atoms with E-state index < -0.39 is 10.0 Å². The molecule has 22 heavy (non-hydrogen) atoms. The van der Waals surface area contributed by atoms with Crippen LogP contribution in [-0.2, 0) is 10.0 Å². The number of anilines is 1. The summed E-state index contributed by atoms with van der Waals surface area (Å²) < 4.78 is 32.2. The second-order valence-corrected chi connectivity index (χ2v) is 6.55. The van der Waals surface area contributed by atoms with Gasteiger partial charge in [-0.05, 0) is 24.6 Å². The van der Waals surface area contributed by atoms with Crippen molar-refractivity contribution in [2.45, 2.75) is 11.8 Å². The Balaban J connectivity index is 1.86. The smallest absolute Gasteiger partial charge is 0.263 e. The molecule has 1 N–H and O–H groups in total. The zero-order valence-electron chi connectivity index (χ0n) is 11.9. The maximum absolute atomic E-state index is 12.3. The molecule has 0 aliphatic heterocycles. The molecule has 0 aliphatic carbocycles. The molecule has 3 rings (SSSR count). The Bertz CT molecular complexity index is 887. The van der Waals surface area contributed by atoms with Gasteiger partial charge in [-0.25, -0.2) is 8.42 Å². The van der Waals surface area contributed by atoms with Crippen molar-refractivity contribution in [1.82, 2.24) is 5.16 Å². The summed E-state index contributed by atoms with van der Waals surface area (Å²) in [5, 5.41) is 3.76. The molecule has 1 heterocycles. The summed E-state index contributed by atoms with van der Waals surface area (Å²) in [5.41, 5.74) is 1.70. The number of hydrogen-bond donors (Lipinski definition) is 1. The molecular weight excluding hydrogens is 300 g/mol. The van der Waals surface area contributed by atoms with Gasteiger partial charge < -0.3 is 4.52 Å². The molecule has 0 fully saturated rings. The molecule has 0 saturated carbocycles. The van der Waals surface area contributed by atoms with Crippen molar-refractivity contribution in [2.75, 3.05) is 4.72 Å². The zero-order valence-corrected chi connectivity index (χ0v) is 12.7. The van der Waals surface area contributed by atoms with Gasteiger partial charge in [0.1, 0.15) is 0 Å². The van der Waals surface area contributed by atoms with Crippen molar-refractivity contribution in [1.29, 1.82) is 0 Å². The first-order valence-corrected chi connectivity index (χ1v) is 8.14. The predicted molar refractivity (Wildman–Crippen MR) is 83.9 cm³/mol. The van der Waals surface area contributed by atoms with E-state index >= 15 is 0 Å². The second-order valence-electron chi connectivity index (χ2n) is 4.86. The van der Waals surface area contributed by atoms with Crippen molar-refractivity contribution < 1.29 is 12.9 Å². The molecule has 112 valence electrons. The van der Waals surface area contributed by atoms with E-state index in [0.717, 1.165) is 11.1 Å². The molecular formula is C16H14N2O3S. The van der Waals surface area contributed by atoms with E-state index in [2.05, 4.69) is 9.88 Å². The quantitative estimate of drug-likeness (QED) is 0.800. The van der Waals surface area contributed by atoms with Crippen LogP contribution in [0, 0.1) is 6.92 Å². The molecule has 0 bridgehead atoms. The van der Waals surface area contributed by atoms with Crippen molar-refractivity contribution in [2.24, 2.45) is 0 Å². The van der Waals surface area contributed by atoms with Crippen LogP contribution in [0.1, 0.15) is 5.56 Å². The van der Waals surface area contributed by atoms with Gasteiger partial charge in [0.15, 0.2) is 11.6 Å². The summed E-state index contributed by atoms with van der Waals surface area (Å²) >= 11 is 0. The molecule has 0 spiro atoms. The number of rotatable bonds is 4. The number of aryl methyl sites for hydroxylation is 1. The summed E-state index contributed by atoms with van der Waals surface area (Å²) in [4.78, 5) is 0.191. The number of nitrogens with zero attached hydrogens (tertiary/aromatic N) is 1. The van der Waals surface area contributed by atoms with E-state index in [9.17, 15) is 8.42 Å². The van der Waals surface area contributed by atoms with E-state index in [1.165, 1.54) is 6.07 Å². The van der Waals surface area contributed by atoms with Crippen LogP contribution in [0.3, 0.4) is 0 Å². The Morgan fingerprint density at radius 1 is 1.00 bits per heavy atom. The van der Waals surface area contributed by atoms with Crippen LogP contribution in [0.5, 0.6) is 0 Å². The molecule has 0 unspecified atom stereocenters. The van der Waals surface area contributed by atoms with Gasteiger partial charge in [-0.1, -0.05) is 47.6 Å². The SMILES string of the molecule is Cc1cccc(S(=O)(=O)Nc2cc(-c3ccccc3)on2)c1. The Morgan fingerprint density at radius 3 is 2.50 bits per heavy atom. The number of nitrogens with one attached hydrogen (secondary N) is 1. The van der Waals surface area contributed by atoms with Crippen LogP contribution in [0.2, 0.25) is 0 Å². The van der Waals surface area contributed by atoms with Gasteiger partial charge in [-0.3, -0.25) is 4.72 Å². The monoisotopic (exact) mass is 314 g/mol. The summed E-state index contributed by atoms with van der Waals surface area (Å²) in [5.74, 6) is 0.655. The van der Waals surface area contributed by atoms with Crippen LogP contribution in [0.15, 0.2) is 70.1 Å². The van der Waals surface area contributed by atoms with E-state index in [1.807, 2.05) is 43.3 Å². The maximum atomic E-state index is 12.3. The highest BCUT2D eigenvalue weighted by Gasteiger charge is 2.17. The second kappa shape index (κ2) is 5.65. The minimum atomic E-state index is -3.68. The van der Waals surface area contributed by atoms with Gasteiger partial charge in [-0.2, -0.15) is 0 Å². The third-order valence-corrected chi connectivity index (χ3v) is 4.46. The third-order valence-electron chi connectivity index (χ3n) is 3.11. The van der Waals surface area contributed by atoms with Crippen LogP contribution in [0.4, 0.5) is 5.82 Å². The lowest BCUT2D eigenvalue weighted by Gasteiger charge is -2.05. The first-order valence-electron chi connectivity index (χ1n) is 6.66. The Hall–Kier alpha value is -2.60. The molecule has 2 aromatic carbocycles. The van der Waals surface area contributed by atoms with Crippen LogP contribution >= 0.6 is 0 Å². The lowest BCUT2D eigenvalue weighted by atomic mass is 10.2. The summed E-state index contributed by atoms with van der Waals surface area (Å²) in [6, 6.07) is 17.6. The van der Waals surface area contributed by atoms with Crippen molar-refractivity contribution >= 4 is 15.8 Å². The van der Waals surface area contributed by atoms with Gasteiger partial charge in [0, 0.05) is 11.6 Å². The average molecular weight is 314 g/mol. The van der Waals surface area contributed by atoms with Gasteiger partial charge in [-0.15, -0.1) is 0 Å². The Morgan fingerprint density at radius 2 is 1.77 bits per heavy atom. The van der Waals surface area contributed by atoms with Gasteiger partial charge in [0.25, 0.3) is 10.0 Å². The van der Waals surface area contributed by atoms with Gasteiger partial charge in [0.2, 0.25) is 0 Å². The molecule has 0 amide bonds. The van der Waals surface area contributed by atoms with Crippen molar-refractivity contribution in [3.05, 3.63) is 66.2 Å². The topological polar surface area (TPSA) is 72.2 Å². The van der Waals surface area contributed by atoms with E-state index in [4.69, 9.17) is 4.52 Å². The average Bonchev–Trinajstić information content (AvgIpc) is 2.96. The van der Waals surface area contributed by atoms with E-state index in [-0.39, 0.29) is 10.7 Å². The number of aromatic nitrogens is 1. The largest absolute Gasteiger partial charge is 0.354 e. The number of benzene rings is 2. The molecule has 5 nitrogen and oxygen atoms in total. The molecule has 1 aromatic heterocycles. The van der Waals surface area contributed by atoms with E-state index in [1.54, 1.807) is 18.2 Å². The Labute approximate surface area is 128 Å². The van der Waals surface area contributed by atoms with Crippen LogP contribution in [0.25, 0.3) is 11.3 Å². The number of hydrogen-bond acceptors (Lipinski definition) is 4. The lowest BCUT2D eigenvalue weighted by Crippen LogP contribution is -2.13. The maximum Gasteiger partial charge on any atom is 0.263 e. The molecule has 0 saturated heterocycles. The van der Waals surface area contributed by atoms with Gasteiger partial charge >= 0.3 is 0 Å². The fraction of sp³-hybridized carbons (Fsp3) is 0.0625. The van der Waals surface area contributed by atoms with Crippen LogP contribution < -0.4 is 4.72 Å². The highest BCUT2D eigenvalue weighted by Crippen LogP contribution is 2.23. The summed E-state index contributed by atoms with van der Waals surface area (Å²) in [6.07, 6.45) is 0. The molecule has 0 radical (unpaired) electrons. The standard InChI is InChI=1S/C16H14N2O3S/c1-12-6-5-9-14(10-12)22(19,20)18-16-11-15(21-17-16)13-7-3-2-4-8-13/h2-11H,1H3,(H,17,18). The zero-order chi connectivity index (χ0) is 15.6. The summed E-state index contributed by atoms with van der Waals surface area (Å²) in [6.45, 7) is 1.84. The van der Waals surface area contributed by atoms with Crippen molar-refractivity contribution in [3.8, 4) is 11.3 Å². The fourth-order valence-corrected chi connectivity index (χ4v) is 3.13. The van der Waals surface area contributed by atoms with Gasteiger partial charge in [0.05, 0.1) is 4.90 Å². The van der Waals surface area contributed by atoms with E-state index in [0.29, 0.717) is 5.76 Å². The highest BCUT2D eigenvalue weighted by atomic mass is 32.2. The fourth-order valence-electron chi connectivity index (χ4n) is 2.04. The minimum absolute atomic E-state index is 0.153. The predicted octanol–water partition coefficient (Wildman–Crippen LogP) is 3.45. The lowest BCUT2D eigenvalue weighted by molar-refractivity contribution is 0.435. The number of sulfonamides is 1. The van der Waals surface area contributed by atoms with Crippen LogP contribution in [-0.4, -0.2) is 13.6 Å². The highest BCUT2D eigenvalue weighted by molar-refractivity contribution is 7.92. The third kappa shape index (κ3) is 3.01. The molecule has 6 heteroatoms. The molecule has 3 aromatic rings. The first-order chi connectivity index (χ1) is 10.5. The summed E-state index contributed by atoms with van der Waals surface area (Å²) in [7, 11) is -3.68. The molecule has 0 aliphatic rings. The first kappa shape index (κ1) is 14.3. The minimum Gasteiger partial charge on any atom is -0.354 e. The normalized spacial score (nSPS) is 11.3.